The van der Waals surface area contributed by atoms with Gasteiger partial charge in [-0.05, 0) is 43.8 Å². The molecule has 2 rings (SSSR count). The van der Waals surface area contributed by atoms with E-state index < -0.39 is 23.6 Å². The molecule has 23 heavy (non-hydrogen) atoms. The van der Waals surface area contributed by atoms with Crippen molar-refractivity contribution in [1.82, 2.24) is 4.90 Å². The molecule has 0 saturated heterocycles. The van der Waals surface area contributed by atoms with E-state index in [-0.39, 0.29) is 11.5 Å². The van der Waals surface area contributed by atoms with Gasteiger partial charge < -0.3 is 5.32 Å². The van der Waals surface area contributed by atoms with Crippen LogP contribution in [0, 0.1) is 17.5 Å². The number of carbonyl (C=O) groups excluding carboxylic acids is 1. The maximum atomic E-state index is 13.6. The maximum Gasteiger partial charge on any atom is 0.241 e. The first-order valence-corrected chi connectivity index (χ1v) is 7.07. The zero-order chi connectivity index (χ0) is 17.0. The lowest BCUT2D eigenvalue weighted by molar-refractivity contribution is -0.120. The van der Waals surface area contributed by atoms with Gasteiger partial charge in [-0.2, -0.15) is 0 Å². The molecule has 0 spiro atoms. The van der Waals surface area contributed by atoms with E-state index in [0.29, 0.717) is 12.6 Å². The number of hydrogen-bond acceptors (Lipinski definition) is 2. The molecule has 0 heterocycles. The van der Waals surface area contributed by atoms with Crippen LogP contribution in [0.4, 0.5) is 18.9 Å². The molecule has 1 N–H and O–H groups in total. The highest BCUT2D eigenvalue weighted by Crippen LogP contribution is 2.16. The van der Waals surface area contributed by atoms with E-state index >= 15 is 0 Å². The van der Waals surface area contributed by atoms with Crippen LogP contribution >= 0.6 is 0 Å². The maximum absolute atomic E-state index is 13.6. The van der Waals surface area contributed by atoms with Gasteiger partial charge in [-0.1, -0.05) is 12.1 Å². The number of nitrogens with zero attached hydrogens (tertiary/aromatic N) is 1. The Bertz CT molecular complexity index is 706. The quantitative estimate of drug-likeness (QED) is 0.913. The van der Waals surface area contributed by atoms with Crippen LogP contribution in [-0.4, -0.2) is 23.9 Å². The van der Waals surface area contributed by atoms with Crippen molar-refractivity contribution < 1.29 is 18.0 Å². The van der Waals surface area contributed by atoms with Crippen molar-refractivity contribution in [3.05, 3.63) is 65.5 Å². The van der Waals surface area contributed by atoms with Gasteiger partial charge in [0.1, 0.15) is 17.5 Å². The van der Waals surface area contributed by atoms with Crippen molar-refractivity contribution in [3.63, 3.8) is 0 Å². The summed E-state index contributed by atoms with van der Waals surface area (Å²) in [4.78, 5) is 13.9. The van der Waals surface area contributed by atoms with Crippen molar-refractivity contribution in [3.8, 4) is 0 Å². The van der Waals surface area contributed by atoms with E-state index in [2.05, 4.69) is 5.32 Å². The summed E-state index contributed by atoms with van der Waals surface area (Å²) < 4.78 is 39.6. The second-order valence-electron chi connectivity index (χ2n) is 5.33. The molecular formula is C17H17F3N2O. The van der Waals surface area contributed by atoms with Crippen molar-refractivity contribution >= 4 is 11.6 Å². The molecule has 0 fully saturated rings. The van der Waals surface area contributed by atoms with Crippen LogP contribution in [0.1, 0.15) is 12.5 Å². The van der Waals surface area contributed by atoms with Crippen LogP contribution < -0.4 is 5.32 Å². The minimum Gasteiger partial charge on any atom is -0.322 e. The third-order valence-electron chi connectivity index (χ3n) is 3.55. The normalized spacial score (nSPS) is 12.3. The van der Waals surface area contributed by atoms with Gasteiger partial charge in [0.2, 0.25) is 5.91 Å². The van der Waals surface area contributed by atoms with Crippen LogP contribution in [0.5, 0.6) is 0 Å². The summed E-state index contributed by atoms with van der Waals surface area (Å²) in [6.45, 7) is 2.01. The molecule has 2 aromatic carbocycles. The first-order valence-electron chi connectivity index (χ1n) is 7.07. The Hall–Kier alpha value is -2.34. The van der Waals surface area contributed by atoms with Crippen LogP contribution in [0.15, 0.2) is 42.5 Å². The molecular weight excluding hydrogens is 305 g/mol. The van der Waals surface area contributed by atoms with E-state index in [1.54, 1.807) is 31.0 Å². The van der Waals surface area contributed by atoms with Crippen LogP contribution in [-0.2, 0) is 11.3 Å². The van der Waals surface area contributed by atoms with E-state index in [9.17, 15) is 18.0 Å². The topological polar surface area (TPSA) is 32.3 Å². The molecule has 1 amide bonds. The first kappa shape index (κ1) is 17.0. The van der Waals surface area contributed by atoms with Gasteiger partial charge in [-0.3, -0.25) is 9.69 Å². The van der Waals surface area contributed by atoms with E-state index in [4.69, 9.17) is 0 Å². The highest BCUT2D eigenvalue weighted by Gasteiger charge is 2.19. The fourth-order valence-corrected chi connectivity index (χ4v) is 2.09. The summed E-state index contributed by atoms with van der Waals surface area (Å²) >= 11 is 0. The summed E-state index contributed by atoms with van der Waals surface area (Å²) in [5.41, 5.74) is 0.641. The van der Waals surface area contributed by atoms with Gasteiger partial charge in [0.25, 0.3) is 0 Å². The molecule has 0 aliphatic rings. The largest absolute Gasteiger partial charge is 0.322 e. The van der Waals surface area contributed by atoms with Gasteiger partial charge in [0.15, 0.2) is 0 Å². The highest BCUT2D eigenvalue weighted by molar-refractivity contribution is 5.94. The molecule has 0 bridgehead atoms. The van der Waals surface area contributed by atoms with E-state index in [1.807, 2.05) is 0 Å². The smallest absolute Gasteiger partial charge is 0.241 e. The molecule has 0 aliphatic heterocycles. The Kier molecular flexibility index (Phi) is 5.39. The number of benzene rings is 2. The predicted molar refractivity (Wildman–Crippen MR) is 82.3 cm³/mol. The molecule has 3 nitrogen and oxygen atoms in total. The van der Waals surface area contributed by atoms with Gasteiger partial charge in [0, 0.05) is 12.6 Å². The van der Waals surface area contributed by atoms with Crippen LogP contribution in [0.2, 0.25) is 0 Å². The monoisotopic (exact) mass is 322 g/mol. The Morgan fingerprint density at radius 1 is 1.13 bits per heavy atom. The zero-order valence-corrected chi connectivity index (χ0v) is 12.8. The molecule has 0 radical (unpaired) electrons. The first-order chi connectivity index (χ1) is 10.9. The highest BCUT2D eigenvalue weighted by atomic mass is 19.1. The molecule has 122 valence electrons. The van der Waals surface area contributed by atoms with Crippen molar-refractivity contribution in [2.45, 2.75) is 19.5 Å². The average Bonchev–Trinajstić information content (AvgIpc) is 2.49. The van der Waals surface area contributed by atoms with Crippen LogP contribution in [0.3, 0.4) is 0 Å². The lowest BCUT2D eigenvalue weighted by Gasteiger charge is -2.24. The lowest BCUT2D eigenvalue weighted by atomic mass is 10.2. The summed E-state index contributed by atoms with van der Waals surface area (Å²) in [6, 6.07) is 8.44. The zero-order valence-electron chi connectivity index (χ0n) is 12.8. The summed E-state index contributed by atoms with van der Waals surface area (Å²) in [7, 11) is 1.70. The Balaban J connectivity index is 2.01. The molecule has 0 saturated carbocycles. The van der Waals surface area contributed by atoms with Crippen molar-refractivity contribution in [2.24, 2.45) is 0 Å². The Morgan fingerprint density at radius 3 is 2.48 bits per heavy atom. The molecule has 0 aromatic heterocycles. The number of anilines is 1. The molecule has 2 aromatic rings. The standard InChI is InChI=1S/C17H17F3N2O/c1-11(22(2)10-12-4-3-5-13(18)8-12)17(23)21-16-7-6-14(19)9-15(16)20/h3-9,11H,10H2,1-2H3,(H,21,23). The fourth-order valence-electron chi connectivity index (χ4n) is 2.09. The lowest BCUT2D eigenvalue weighted by Crippen LogP contribution is -2.39. The van der Waals surface area contributed by atoms with Crippen LogP contribution in [0.25, 0.3) is 0 Å². The number of rotatable bonds is 5. The molecule has 6 heteroatoms. The van der Waals surface area contributed by atoms with Gasteiger partial charge in [-0.15, -0.1) is 0 Å². The molecule has 1 unspecified atom stereocenters. The van der Waals surface area contributed by atoms with Gasteiger partial charge in [-0.25, -0.2) is 13.2 Å². The third-order valence-corrected chi connectivity index (χ3v) is 3.55. The summed E-state index contributed by atoms with van der Waals surface area (Å²) in [5, 5.41) is 2.42. The SMILES string of the molecule is CC(C(=O)Nc1ccc(F)cc1F)N(C)Cc1cccc(F)c1. The minimum atomic E-state index is -0.835. The average molecular weight is 322 g/mol. The number of likely N-dealkylation sites (N-methyl/N-ethyl adjacent to an activating group) is 1. The predicted octanol–water partition coefficient (Wildman–Crippen LogP) is 3.56. The number of halogens is 3. The second-order valence-corrected chi connectivity index (χ2v) is 5.33. The Morgan fingerprint density at radius 2 is 1.83 bits per heavy atom. The van der Waals surface area contributed by atoms with Gasteiger partial charge in [0.05, 0.1) is 11.7 Å². The number of amides is 1. The van der Waals surface area contributed by atoms with Crippen molar-refractivity contribution in [2.75, 3.05) is 12.4 Å². The molecule has 0 aliphatic carbocycles. The van der Waals surface area contributed by atoms with Gasteiger partial charge >= 0.3 is 0 Å². The fraction of sp³-hybridized carbons (Fsp3) is 0.235. The number of carbonyl (C=O) groups is 1. The second kappa shape index (κ2) is 7.28. The minimum absolute atomic E-state index is 0.0811. The number of hydrogen-bond donors (Lipinski definition) is 1. The Labute approximate surface area is 132 Å². The van der Waals surface area contributed by atoms with E-state index in [1.165, 1.54) is 18.2 Å². The van der Waals surface area contributed by atoms with E-state index in [0.717, 1.165) is 11.6 Å². The summed E-state index contributed by atoms with van der Waals surface area (Å²) in [5.74, 6) is -2.33. The summed E-state index contributed by atoms with van der Waals surface area (Å²) in [6.07, 6.45) is 0. The number of nitrogens with one attached hydrogen (secondary N) is 1. The molecule has 1 atom stereocenters. The third kappa shape index (κ3) is 4.56. The van der Waals surface area contributed by atoms with Crippen molar-refractivity contribution in [1.29, 1.82) is 0 Å².